The molecule has 2 rings (SSSR count). The zero-order chi connectivity index (χ0) is 22.1. The average Bonchev–Trinajstić information content (AvgIpc) is 2.76. The van der Waals surface area contributed by atoms with Gasteiger partial charge in [-0.25, -0.2) is 0 Å². The number of nitrogens with two attached hydrogens (primary N) is 2. The van der Waals surface area contributed by atoms with Crippen LogP contribution < -0.4 is 21.7 Å². The lowest BCUT2D eigenvalue weighted by Gasteiger charge is -2.21. The van der Waals surface area contributed by atoms with Crippen LogP contribution in [0.2, 0.25) is 5.02 Å². The van der Waals surface area contributed by atoms with E-state index >= 15 is 0 Å². The van der Waals surface area contributed by atoms with Crippen LogP contribution in [0.3, 0.4) is 0 Å². The molecule has 0 bridgehead atoms. The lowest BCUT2D eigenvalue weighted by Crippen LogP contribution is -2.45. The Morgan fingerprint density at radius 3 is 2.47 bits per heavy atom. The fourth-order valence-corrected chi connectivity index (χ4v) is 3.09. The molecular weight excluding hydrogens is 404 g/mol. The van der Waals surface area contributed by atoms with Crippen molar-refractivity contribution >= 4 is 34.9 Å². The minimum Gasteiger partial charge on any atom is -0.346 e. The number of benzene rings is 2. The molecule has 0 fully saturated rings. The van der Waals surface area contributed by atoms with E-state index in [4.69, 9.17) is 23.1 Å². The Morgan fingerprint density at radius 1 is 1.10 bits per heavy atom. The van der Waals surface area contributed by atoms with Crippen LogP contribution in [0.4, 0.5) is 5.69 Å². The van der Waals surface area contributed by atoms with Crippen LogP contribution in [-0.2, 0) is 9.59 Å². The molecular formula is C22H27ClN4O3. The van der Waals surface area contributed by atoms with Crippen molar-refractivity contribution in [3.63, 3.8) is 0 Å². The van der Waals surface area contributed by atoms with Gasteiger partial charge in [0.15, 0.2) is 5.78 Å². The summed E-state index contributed by atoms with van der Waals surface area (Å²) in [7, 11) is 1.54. The number of ketones is 1. The van der Waals surface area contributed by atoms with E-state index in [2.05, 4.69) is 5.32 Å². The molecule has 8 heteroatoms. The van der Waals surface area contributed by atoms with Gasteiger partial charge in [-0.05, 0) is 37.6 Å². The van der Waals surface area contributed by atoms with E-state index in [-0.39, 0.29) is 18.2 Å². The molecule has 0 saturated heterocycles. The van der Waals surface area contributed by atoms with Gasteiger partial charge in [0.25, 0.3) is 0 Å². The van der Waals surface area contributed by atoms with Crippen molar-refractivity contribution in [2.45, 2.75) is 25.3 Å². The van der Waals surface area contributed by atoms with Crippen LogP contribution in [0, 0.1) is 0 Å². The quantitative estimate of drug-likeness (QED) is 0.394. The van der Waals surface area contributed by atoms with Crippen molar-refractivity contribution in [2.24, 2.45) is 11.5 Å². The monoisotopic (exact) mass is 430 g/mol. The lowest BCUT2D eigenvalue weighted by atomic mass is 10.0. The summed E-state index contributed by atoms with van der Waals surface area (Å²) in [5.74, 6) is -1.04. The Balaban J connectivity index is 2.09. The van der Waals surface area contributed by atoms with Gasteiger partial charge in [-0.2, -0.15) is 0 Å². The Kier molecular flexibility index (Phi) is 8.98. The van der Waals surface area contributed by atoms with Gasteiger partial charge in [0.1, 0.15) is 0 Å². The number of carbonyl (C=O) groups excluding carboxylic acids is 3. The lowest BCUT2D eigenvalue weighted by molar-refractivity contribution is -0.125. The third kappa shape index (κ3) is 6.38. The second-order valence-electron chi connectivity index (χ2n) is 6.92. The molecule has 0 heterocycles. The maximum absolute atomic E-state index is 12.9. The molecule has 2 aromatic carbocycles. The van der Waals surface area contributed by atoms with Gasteiger partial charge in [-0.1, -0.05) is 48.4 Å². The maximum Gasteiger partial charge on any atom is 0.246 e. The largest absolute Gasteiger partial charge is 0.346 e. The van der Waals surface area contributed by atoms with Crippen LogP contribution in [0.1, 0.15) is 35.2 Å². The Bertz CT molecular complexity index is 889. The van der Waals surface area contributed by atoms with E-state index in [1.165, 1.54) is 11.0 Å². The molecule has 2 amide bonds. The van der Waals surface area contributed by atoms with Crippen LogP contribution in [0.15, 0.2) is 48.5 Å². The molecule has 0 aliphatic carbocycles. The van der Waals surface area contributed by atoms with E-state index < -0.39 is 11.9 Å². The first-order valence-corrected chi connectivity index (χ1v) is 10.1. The summed E-state index contributed by atoms with van der Waals surface area (Å²) >= 11 is 6.09. The number of nitrogens with zero attached hydrogens (tertiary/aromatic N) is 1. The molecule has 0 aliphatic heterocycles. The van der Waals surface area contributed by atoms with E-state index in [0.29, 0.717) is 34.8 Å². The summed E-state index contributed by atoms with van der Waals surface area (Å²) in [6.45, 7) is 0.310. The zero-order valence-electron chi connectivity index (χ0n) is 16.9. The van der Waals surface area contributed by atoms with Crippen molar-refractivity contribution in [3.8, 4) is 0 Å². The van der Waals surface area contributed by atoms with Crippen LogP contribution in [0.5, 0.6) is 0 Å². The second-order valence-corrected chi connectivity index (χ2v) is 7.35. The molecule has 160 valence electrons. The summed E-state index contributed by atoms with van der Waals surface area (Å²) in [6, 6.07) is 12.8. The van der Waals surface area contributed by atoms with E-state index in [1.54, 1.807) is 43.4 Å². The minimum atomic E-state index is -0.694. The second kappa shape index (κ2) is 11.4. The Labute approximate surface area is 181 Å². The van der Waals surface area contributed by atoms with Crippen LogP contribution >= 0.6 is 11.6 Å². The van der Waals surface area contributed by atoms with Gasteiger partial charge < -0.3 is 21.7 Å². The van der Waals surface area contributed by atoms with Crippen molar-refractivity contribution in [2.75, 3.05) is 25.0 Å². The van der Waals surface area contributed by atoms with Gasteiger partial charge in [0.05, 0.1) is 18.3 Å². The average molecular weight is 431 g/mol. The molecule has 1 atom stereocenters. The number of carbonyl (C=O) groups is 3. The molecule has 7 nitrogen and oxygen atoms in total. The van der Waals surface area contributed by atoms with E-state index in [9.17, 15) is 14.4 Å². The molecule has 0 saturated carbocycles. The molecule has 0 radical (unpaired) electrons. The highest BCUT2D eigenvalue weighted by molar-refractivity contribution is 6.31. The number of halogens is 1. The fourth-order valence-electron chi connectivity index (χ4n) is 2.91. The molecule has 0 aromatic heterocycles. The van der Waals surface area contributed by atoms with Crippen molar-refractivity contribution in [1.82, 2.24) is 5.32 Å². The topological polar surface area (TPSA) is 119 Å². The first kappa shape index (κ1) is 23.5. The van der Waals surface area contributed by atoms with Crippen molar-refractivity contribution < 1.29 is 14.4 Å². The maximum atomic E-state index is 12.9. The summed E-state index contributed by atoms with van der Waals surface area (Å²) < 4.78 is 0. The van der Waals surface area contributed by atoms with Crippen LogP contribution in [-0.4, -0.2) is 43.8 Å². The number of amides is 2. The summed E-state index contributed by atoms with van der Waals surface area (Å²) in [5, 5.41) is 2.94. The molecule has 0 spiro atoms. The zero-order valence-corrected chi connectivity index (χ0v) is 17.7. The fraction of sp³-hybridized carbons (Fsp3) is 0.318. The van der Waals surface area contributed by atoms with E-state index in [1.807, 2.05) is 6.07 Å². The minimum absolute atomic E-state index is 0.235. The predicted molar refractivity (Wildman–Crippen MR) is 119 cm³/mol. The van der Waals surface area contributed by atoms with Gasteiger partial charge >= 0.3 is 0 Å². The summed E-state index contributed by atoms with van der Waals surface area (Å²) in [6.07, 6.45) is 2.03. The first-order chi connectivity index (χ1) is 14.3. The van der Waals surface area contributed by atoms with Crippen LogP contribution in [0.25, 0.3) is 0 Å². The SMILES string of the molecule is CN(C(=O)CNC(=O)[C@@H](N)CCCCN)c1ccc(Cl)cc1C(=O)c1ccccc1. The van der Waals surface area contributed by atoms with Gasteiger partial charge in [0, 0.05) is 23.2 Å². The highest BCUT2D eigenvalue weighted by Gasteiger charge is 2.21. The summed E-state index contributed by atoms with van der Waals surface area (Å²) in [4.78, 5) is 39.0. The number of hydrogen-bond donors (Lipinski definition) is 3. The molecule has 0 aliphatic rings. The summed E-state index contributed by atoms with van der Waals surface area (Å²) in [5.41, 5.74) is 12.5. The third-order valence-corrected chi connectivity index (χ3v) is 4.93. The standard InChI is InChI=1S/C22H27ClN4O3/c1-27(20(28)14-26-22(30)18(25)9-5-6-12-24)19-11-10-16(23)13-17(19)21(29)15-7-3-2-4-8-15/h2-4,7-8,10-11,13,18H,5-6,9,12,14,24-25H2,1H3,(H,26,30)/t18-/m0/s1. The number of unbranched alkanes of at least 4 members (excludes halogenated alkanes) is 1. The third-order valence-electron chi connectivity index (χ3n) is 4.69. The number of anilines is 1. The predicted octanol–water partition coefficient (Wildman–Crippen LogP) is 2.11. The highest BCUT2D eigenvalue weighted by atomic mass is 35.5. The number of likely N-dealkylation sites (N-methyl/N-ethyl adjacent to an activating group) is 1. The Hall–Kier alpha value is -2.74. The van der Waals surface area contributed by atoms with E-state index in [0.717, 1.165) is 12.8 Å². The first-order valence-electron chi connectivity index (χ1n) is 9.74. The number of nitrogens with one attached hydrogen (secondary N) is 1. The number of rotatable bonds is 10. The van der Waals surface area contributed by atoms with Crippen molar-refractivity contribution in [3.05, 3.63) is 64.7 Å². The Morgan fingerprint density at radius 2 is 1.80 bits per heavy atom. The normalized spacial score (nSPS) is 11.6. The van der Waals surface area contributed by atoms with Gasteiger partial charge in [-0.15, -0.1) is 0 Å². The highest BCUT2D eigenvalue weighted by Crippen LogP contribution is 2.26. The molecule has 0 unspecified atom stereocenters. The van der Waals surface area contributed by atoms with Gasteiger partial charge in [0.2, 0.25) is 11.8 Å². The number of hydrogen-bond acceptors (Lipinski definition) is 5. The van der Waals surface area contributed by atoms with Gasteiger partial charge in [-0.3, -0.25) is 14.4 Å². The molecule has 5 N–H and O–H groups in total. The van der Waals surface area contributed by atoms with Crippen molar-refractivity contribution in [1.29, 1.82) is 0 Å². The molecule has 2 aromatic rings. The molecule has 30 heavy (non-hydrogen) atoms. The smallest absolute Gasteiger partial charge is 0.246 e.